The number of benzene rings is 3. The summed E-state index contributed by atoms with van der Waals surface area (Å²) in [5.41, 5.74) is 2.84. The second kappa shape index (κ2) is 5.04. The number of ether oxygens (including phenoxy) is 2. The van der Waals surface area contributed by atoms with E-state index in [0.717, 1.165) is 11.1 Å². The zero-order chi connectivity index (χ0) is 18.9. The van der Waals surface area contributed by atoms with E-state index in [0.29, 0.717) is 33.8 Å². The summed E-state index contributed by atoms with van der Waals surface area (Å²) in [6.45, 7) is 3.69. The molecule has 0 saturated heterocycles. The Morgan fingerprint density at radius 2 is 1.67 bits per heavy atom. The number of carbonyl (C=O) groups excluding carboxylic acids is 1. The fourth-order valence-electron chi connectivity index (χ4n) is 4.13. The topological polar surface area (TPSA) is 76.0 Å². The van der Waals surface area contributed by atoms with Gasteiger partial charge in [0.2, 0.25) is 0 Å². The van der Waals surface area contributed by atoms with Gasteiger partial charge in [-0.15, -0.1) is 0 Å². The van der Waals surface area contributed by atoms with E-state index < -0.39 is 11.6 Å². The second-order valence-electron chi connectivity index (χ2n) is 6.92. The average Bonchev–Trinajstić information content (AvgIpc) is 2.93. The summed E-state index contributed by atoms with van der Waals surface area (Å²) < 4.78 is 12.0. The predicted octanol–water partition coefficient (Wildman–Crippen LogP) is 4.28. The van der Waals surface area contributed by atoms with E-state index in [2.05, 4.69) is 0 Å². The van der Waals surface area contributed by atoms with Crippen molar-refractivity contribution in [1.29, 1.82) is 0 Å². The molecule has 5 nitrogen and oxygen atoms in total. The van der Waals surface area contributed by atoms with Crippen LogP contribution in [0, 0.1) is 13.8 Å². The number of esters is 1. The van der Waals surface area contributed by atoms with Crippen molar-refractivity contribution in [3.05, 3.63) is 81.9 Å². The van der Waals surface area contributed by atoms with Crippen LogP contribution in [-0.2, 0) is 10.3 Å². The minimum atomic E-state index is -1.19. The molecule has 3 aromatic rings. The van der Waals surface area contributed by atoms with Gasteiger partial charge in [-0.1, -0.05) is 18.2 Å². The Balaban J connectivity index is 1.96. The van der Waals surface area contributed by atoms with Gasteiger partial charge in [0.25, 0.3) is 0 Å². The Morgan fingerprint density at radius 1 is 0.889 bits per heavy atom. The first-order valence-corrected chi connectivity index (χ1v) is 8.61. The van der Waals surface area contributed by atoms with Gasteiger partial charge in [-0.25, -0.2) is 4.79 Å². The van der Waals surface area contributed by atoms with Crippen LogP contribution in [0.4, 0.5) is 0 Å². The van der Waals surface area contributed by atoms with Crippen LogP contribution in [0.2, 0.25) is 0 Å². The molecule has 0 fully saturated rings. The van der Waals surface area contributed by atoms with Crippen LogP contribution in [0.1, 0.15) is 38.2 Å². The molecule has 2 aliphatic rings. The Morgan fingerprint density at radius 3 is 2.48 bits per heavy atom. The molecule has 5 heteroatoms. The van der Waals surface area contributed by atoms with Crippen molar-refractivity contribution in [2.45, 2.75) is 19.4 Å². The van der Waals surface area contributed by atoms with Crippen molar-refractivity contribution in [3.63, 3.8) is 0 Å². The van der Waals surface area contributed by atoms with Gasteiger partial charge >= 0.3 is 5.97 Å². The molecule has 134 valence electrons. The van der Waals surface area contributed by atoms with E-state index in [4.69, 9.17) is 9.47 Å². The standard InChI is InChI=1S/C22H16O5/c1-11-12(2)20-19(10-17(11)24)26-18-9-13(23)7-8-16(18)22(20)15-6-4-3-5-14(15)21(25)27-22/h3-10,23-24H,1-2H3. The minimum absolute atomic E-state index is 0.0398. The lowest BCUT2D eigenvalue weighted by Gasteiger charge is -2.38. The van der Waals surface area contributed by atoms with Crippen LogP contribution in [-0.4, -0.2) is 16.2 Å². The smallest absolute Gasteiger partial charge is 0.340 e. The SMILES string of the molecule is Cc1c(O)cc2c(c1C)C1(OC(=O)c3ccccc31)c1ccc(O)cc1O2. The minimum Gasteiger partial charge on any atom is -0.508 e. The fourth-order valence-corrected chi connectivity index (χ4v) is 4.13. The maximum absolute atomic E-state index is 12.7. The predicted molar refractivity (Wildman–Crippen MR) is 97.5 cm³/mol. The van der Waals surface area contributed by atoms with Crippen LogP contribution < -0.4 is 4.74 Å². The third-order valence-electron chi connectivity index (χ3n) is 5.52. The lowest BCUT2D eigenvalue weighted by atomic mass is 9.75. The van der Waals surface area contributed by atoms with Crippen LogP contribution in [0.25, 0.3) is 0 Å². The maximum atomic E-state index is 12.7. The van der Waals surface area contributed by atoms with E-state index in [1.807, 2.05) is 26.0 Å². The van der Waals surface area contributed by atoms with Gasteiger partial charge in [0, 0.05) is 23.3 Å². The molecule has 1 atom stereocenters. The number of fused-ring (bicyclic) bond motifs is 6. The molecule has 0 saturated carbocycles. The van der Waals surface area contributed by atoms with Crippen molar-refractivity contribution in [1.82, 2.24) is 0 Å². The van der Waals surface area contributed by atoms with Crippen molar-refractivity contribution in [3.8, 4) is 23.0 Å². The number of rotatable bonds is 0. The zero-order valence-corrected chi connectivity index (χ0v) is 14.7. The van der Waals surface area contributed by atoms with Gasteiger partial charge in [0.05, 0.1) is 11.1 Å². The zero-order valence-electron chi connectivity index (χ0n) is 14.7. The van der Waals surface area contributed by atoms with E-state index in [1.54, 1.807) is 24.3 Å². The Labute approximate surface area is 155 Å². The summed E-state index contributed by atoms with van der Waals surface area (Å²) in [6, 6.07) is 13.5. The van der Waals surface area contributed by atoms with Gasteiger partial charge in [0.15, 0.2) is 5.60 Å². The van der Waals surface area contributed by atoms with Crippen molar-refractivity contribution in [2.75, 3.05) is 0 Å². The van der Waals surface area contributed by atoms with E-state index in [-0.39, 0.29) is 11.5 Å². The normalized spacial score (nSPS) is 19.1. The highest BCUT2D eigenvalue weighted by atomic mass is 16.6. The second-order valence-corrected chi connectivity index (χ2v) is 6.92. The number of carbonyl (C=O) groups is 1. The molecule has 2 N–H and O–H groups in total. The Kier molecular flexibility index (Phi) is 2.94. The van der Waals surface area contributed by atoms with Gasteiger partial charge < -0.3 is 19.7 Å². The average molecular weight is 360 g/mol. The van der Waals surface area contributed by atoms with Crippen LogP contribution in [0.15, 0.2) is 48.5 Å². The van der Waals surface area contributed by atoms with Gasteiger partial charge in [-0.3, -0.25) is 0 Å². The molecule has 0 amide bonds. The van der Waals surface area contributed by atoms with Crippen LogP contribution in [0.5, 0.6) is 23.0 Å². The first-order chi connectivity index (χ1) is 12.9. The first kappa shape index (κ1) is 15.8. The van der Waals surface area contributed by atoms with Gasteiger partial charge in [-0.05, 0) is 43.2 Å². The highest BCUT2D eigenvalue weighted by molar-refractivity contribution is 5.97. The number of hydrogen-bond donors (Lipinski definition) is 2. The molecule has 0 aliphatic carbocycles. The lowest BCUT2D eigenvalue weighted by molar-refractivity contribution is 0.0222. The highest BCUT2D eigenvalue weighted by Crippen LogP contribution is 2.58. The Bertz CT molecular complexity index is 1150. The number of hydrogen-bond acceptors (Lipinski definition) is 5. The largest absolute Gasteiger partial charge is 0.508 e. The van der Waals surface area contributed by atoms with Gasteiger partial charge in [0.1, 0.15) is 23.0 Å². The Hall–Kier alpha value is -3.47. The summed E-state index contributed by atoms with van der Waals surface area (Å²) in [4.78, 5) is 12.7. The molecule has 5 rings (SSSR count). The molecule has 1 unspecified atom stereocenters. The van der Waals surface area contributed by atoms with Crippen LogP contribution in [0.3, 0.4) is 0 Å². The summed E-state index contributed by atoms with van der Waals surface area (Å²) in [6.07, 6.45) is 0. The molecule has 2 aliphatic heterocycles. The number of phenolic OH excluding ortho intramolecular Hbond substituents is 2. The molecule has 3 aromatic carbocycles. The lowest BCUT2D eigenvalue weighted by Crippen LogP contribution is -2.34. The number of aromatic hydroxyl groups is 2. The molecular weight excluding hydrogens is 344 g/mol. The van der Waals surface area contributed by atoms with Gasteiger partial charge in [-0.2, -0.15) is 0 Å². The molecule has 0 radical (unpaired) electrons. The van der Waals surface area contributed by atoms with E-state index in [9.17, 15) is 15.0 Å². The fraction of sp³-hybridized carbons (Fsp3) is 0.136. The van der Waals surface area contributed by atoms with Crippen molar-refractivity contribution in [2.24, 2.45) is 0 Å². The quantitative estimate of drug-likeness (QED) is 0.585. The molecule has 0 bridgehead atoms. The van der Waals surface area contributed by atoms with E-state index in [1.165, 1.54) is 12.1 Å². The van der Waals surface area contributed by atoms with Crippen LogP contribution >= 0.6 is 0 Å². The molecule has 27 heavy (non-hydrogen) atoms. The summed E-state index contributed by atoms with van der Waals surface area (Å²) in [5.74, 6) is 0.510. The van der Waals surface area contributed by atoms with Crippen molar-refractivity contribution < 1.29 is 24.5 Å². The highest BCUT2D eigenvalue weighted by Gasteiger charge is 2.54. The third kappa shape index (κ3) is 1.86. The summed E-state index contributed by atoms with van der Waals surface area (Å²) in [5, 5.41) is 20.2. The molecule has 1 spiro atoms. The third-order valence-corrected chi connectivity index (χ3v) is 5.52. The monoisotopic (exact) mass is 360 g/mol. The molecule has 0 aromatic heterocycles. The number of phenols is 2. The van der Waals surface area contributed by atoms with E-state index >= 15 is 0 Å². The molecule has 2 heterocycles. The maximum Gasteiger partial charge on any atom is 0.340 e. The van der Waals surface area contributed by atoms with Crippen molar-refractivity contribution >= 4 is 5.97 Å². The summed E-state index contributed by atoms with van der Waals surface area (Å²) in [7, 11) is 0. The summed E-state index contributed by atoms with van der Waals surface area (Å²) >= 11 is 0. The first-order valence-electron chi connectivity index (χ1n) is 8.61. The molecular formula is C22H16O5.